The summed E-state index contributed by atoms with van der Waals surface area (Å²) in [6.45, 7) is 1.68. The van der Waals surface area contributed by atoms with Crippen LogP contribution < -0.4 is 0 Å². The number of ether oxygens (including phenoxy) is 1. The maximum Gasteiger partial charge on any atom is 0.305 e. The number of carbonyl (C=O) groups is 1. The van der Waals surface area contributed by atoms with Gasteiger partial charge in [0.25, 0.3) is 10.1 Å². The summed E-state index contributed by atoms with van der Waals surface area (Å²) in [6.07, 6.45) is 3.88. The molecule has 0 heterocycles. The van der Waals surface area contributed by atoms with Crippen LogP contribution in [0.4, 0.5) is 0 Å². The zero-order valence-corrected chi connectivity index (χ0v) is 13.1. The minimum absolute atomic E-state index is 0.220. The Kier molecular flexibility index (Phi) is 9.79. The van der Waals surface area contributed by atoms with Crippen molar-refractivity contribution in [2.75, 3.05) is 7.11 Å². The summed E-state index contributed by atoms with van der Waals surface area (Å²) in [4.78, 5) is 10.9. The Morgan fingerprint density at radius 3 is 2.20 bits per heavy atom. The highest BCUT2D eigenvalue weighted by molar-refractivity contribution is 7.86. The second kappa shape index (κ2) is 10.1. The van der Waals surface area contributed by atoms with Crippen LogP contribution in [0.2, 0.25) is 0 Å². The SMILES string of the molecule is CCC(O)C(CCCCCCCC(=O)OC)S(=O)(=O)O. The summed E-state index contributed by atoms with van der Waals surface area (Å²) in [7, 11) is -2.84. The van der Waals surface area contributed by atoms with E-state index < -0.39 is 21.5 Å². The highest BCUT2D eigenvalue weighted by Crippen LogP contribution is 2.17. The largest absolute Gasteiger partial charge is 0.469 e. The molecule has 0 aliphatic heterocycles. The molecule has 6 nitrogen and oxygen atoms in total. The van der Waals surface area contributed by atoms with Crippen LogP contribution in [0, 0.1) is 0 Å². The van der Waals surface area contributed by atoms with E-state index in [1.165, 1.54) is 7.11 Å². The lowest BCUT2D eigenvalue weighted by molar-refractivity contribution is -0.140. The molecular formula is C13H26O6S. The number of methoxy groups -OCH3 is 1. The number of aliphatic hydroxyl groups excluding tert-OH is 1. The van der Waals surface area contributed by atoms with E-state index in [4.69, 9.17) is 4.55 Å². The van der Waals surface area contributed by atoms with Crippen LogP contribution in [-0.4, -0.2) is 42.5 Å². The van der Waals surface area contributed by atoms with E-state index in [-0.39, 0.29) is 12.4 Å². The van der Waals surface area contributed by atoms with Gasteiger partial charge >= 0.3 is 5.97 Å². The van der Waals surface area contributed by atoms with Gasteiger partial charge in [-0.3, -0.25) is 9.35 Å². The molecule has 2 atom stereocenters. The standard InChI is InChI=1S/C13H26O6S/c1-3-11(14)12(20(16,17)18)9-7-5-4-6-8-10-13(15)19-2/h11-12,14H,3-10H2,1-2H3,(H,16,17,18). The lowest BCUT2D eigenvalue weighted by Crippen LogP contribution is -2.33. The summed E-state index contributed by atoms with van der Waals surface area (Å²) in [6, 6.07) is 0. The highest BCUT2D eigenvalue weighted by Gasteiger charge is 2.29. The average molecular weight is 310 g/mol. The van der Waals surface area contributed by atoms with Crippen molar-refractivity contribution in [3.63, 3.8) is 0 Å². The molecule has 120 valence electrons. The molecule has 0 radical (unpaired) electrons. The van der Waals surface area contributed by atoms with Gasteiger partial charge in [-0.15, -0.1) is 0 Å². The molecule has 0 aromatic carbocycles. The molecule has 0 amide bonds. The van der Waals surface area contributed by atoms with Crippen molar-refractivity contribution in [1.82, 2.24) is 0 Å². The molecule has 2 N–H and O–H groups in total. The summed E-state index contributed by atoms with van der Waals surface area (Å²) < 4.78 is 35.9. The second-order valence-corrected chi connectivity index (χ2v) is 6.55. The third-order valence-electron chi connectivity index (χ3n) is 3.33. The fourth-order valence-corrected chi connectivity index (χ4v) is 3.10. The Hall–Kier alpha value is -0.660. The maximum atomic E-state index is 11.2. The van der Waals surface area contributed by atoms with Crippen LogP contribution in [-0.2, 0) is 19.6 Å². The molecule has 0 bridgehead atoms. The minimum atomic E-state index is -4.20. The number of aliphatic hydroxyl groups is 1. The van der Waals surface area contributed by atoms with Crippen LogP contribution in [0.25, 0.3) is 0 Å². The Bertz CT molecular complexity index is 365. The number of carbonyl (C=O) groups excluding carboxylic acids is 1. The highest BCUT2D eigenvalue weighted by atomic mass is 32.2. The minimum Gasteiger partial charge on any atom is -0.469 e. The maximum absolute atomic E-state index is 11.2. The first-order valence-electron chi connectivity index (χ1n) is 7.04. The Morgan fingerprint density at radius 2 is 1.70 bits per heavy atom. The lowest BCUT2D eigenvalue weighted by Gasteiger charge is -2.18. The molecule has 0 saturated carbocycles. The van der Waals surface area contributed by atoms with Crippen LogP contribution in [0.15, 0.2) is 0 Å². The van der Waals surface area contributed by atoms with Gasteiger partial charge in [-0.2, -0.15) is 8.42 Å². The van der Waals surface area contributed by atoms with Gasteiger partial charge in [0.05, 0.1) is 13.2 Å². The number of hydrogen-bond donors (Lipinski definition) is 2. The average Bonchev–Trinajstić information content (AvgIpc) is 2.39. The molecule has 2 unspecified atom stereocenters. The first-order valence-corrected chi connectivity index (χ1v) is 8.54. The third kappa shape index (κ3) is 8.50. The molecule has 0 aliphatic carbocycles. The summed E-state index contributed by atoms with van der Waals surface area (Å²) in [5.41, 5.74) is 0. The molecule has 0 aromatic rings. The number of esters is 1. The van der Waals surface area contributed by atoms with Gasteiger partial charge in [-0.25, -0.2) is 0 Å². The zero-order valence-electron chi connectivity index (χ0n) is 12.2. The van der Waals surface area contributed by atoms with Gasteiger partial charge in [0, 0.05) is 6.42 Å². The van der Waals surface area contributed by atoms with Crippen LogP contribution in [0.1, 0.15) is 58.3 Å². The summed E-state index contributed by atoms with van der Waals surface area (Å²) >= 11 is 0. The van der Waals surface area contributed by atoms with E-state index in [2.05, 4.69) is 4.74 Å². The molecule has 0 aromatic heterocycles. The summed E-state index contributed by atoms with van der Waals surface area (Å²) in [5.74, 6) is -0.220. The van der Waals surface area contributed by atoms with Crippen molar-refractivity contribution >= 4 is 16.1 Å². The quantitative estimate of drug-likeness (QED) is 0.343. The van der Waals surface area contributed by atoms with Crippen molar-refractivity contribution in [1.29, 1.82) is 0 Å². The lowest BCUT2D eigenvalue weighted by atomic mass is 10.0. The monoisotopic (exact) mass is 310 g/mol. The first kappa shape index (κ1) is 19.3. The Morgan fingerprint density at radius 1 is 1.15 bits per heavy atom. The topological polar surface area (TPSA) is 101 Å². The van der Waals surface area contributed by atoms with E-state index >= 15 is 0 Å². The van der Waals surface area contributed by atoms with E-state index in [9.17, 15) is 18.3 Å². The first-order chi connectivity index (χ1) is 9.32. The van der Waals surface area contributed by atoms with Gasteiger partial charge in [-0.05, 0) is 19.3 Å². The second-order valence-electron chi connectivity index (χ2n) is 4.91. The van der Waals surface area contributed by atoms with Gasteiger partial charge in [0.2, 0.25) is 0 Å². The van der Waals surface area contributed by atoms with Crippen LogP contribution in [0.3, 0.4) is 0 Å². The zero-order chi connectivity index (χ0) is 15.6. The van der Waals surface area contributed by atoms with Crippen LogP contribution >= 0.6 is 0 Å². The smallest absolute Gasteiger partial charge is 0.305 e. The van der Waals surface area contributed by atoms with Crippen LogP contribution in [0.5, 0.6) is 0 Å². The molecule has 0 aliphatic rings. The van der Waals surface area contributed by atoms with Crippen molar-refractivity contribution in [3.05, 3.63) is 0 Å². The molecular weight excluding hydrogens is 284 g/mol. The molecule has 7 heteroatoms. The van der Waals surface area contributed by atoms with Crippen molar-refractivity contribution < 1.29 is 27.6 Å². The van der Waals surface area contributed by atoms with E-state index in [1.807, 2.05) is 0 Å². The Labute approximate surface area is 121 Å². The molecule has 0 saturated heterocycles. The van der Waals surface area contributed by atoms with Gasteiger partial charge in [0.15, 0.2) is 0 Å². The predicted molar refractivity (Wildman–Crippen MR) is 76.0 cm³/mol. The molecule has 0 rings (SSSR count). The molecule has 0 spiro atoms. The van der Waals surface area contributed by atoms with E-state index in [0.717, 1.165) is 25.7 Å². The number of hydrogen-bond acceptors (Lipinski definition) is 5. The number of unbranched alkanes of at least 4 members (excludes halogenated alkanes) is 4. The van der Waals surface area contributed by atoms with Crippen molar-refractivity contribution in [2.24, 2.45) is 0 Å². The van der Waals surface area contributed by atoms with Crippen molar-refractivity contribution in [2.45, 2.75) is 69.6 Å². The fraction of sp³-hybridized carbons (Fsp3) is 0.923. The van der Waals surface area contributed by atoms with Crippen molar-refractivity contribution in [3.8, 4) is 0 Å². The molecule has 20 heavy (non-hydrogen) atoms. The van der Waals surface area contributed by atoms with E-state index in [1.54, 1.807) is 6.92 Å². The third-order valence-corrected chi connectivity index (χ3v) is 4.64. The van der Waals surface area contributed by atoms with Gasteiger partial charge < -0.3 is 9.84 Å². The van der Waals surface area contributed by atoms with Gasteiger partial charge in [-0.1, -0.05) is 32.6 Å². The fourth-order valence-electron chi connectivity index (χ4n) is 2.05. The summed E-state index contributed by atoms with van der Waals surface area (Å²) in [5, 5.41) is 8.50. The van der Waals surface area contributed by atoms with E-state index in [0.29, 0.717) is 19.3 Å². The normalized spacial score (nSPS) is 14.8. The molecule has 0 fully saturated rings. The van der Waals surface area contributed by atoms with Gasteiger partial charge in [0.1, 0.15) is 5.25 Å². The predicted octanol–water partition coefficient (Wildman–Crippen LogP) is 1.92. The number of rotatable bonds is 11. The Balaban J connectivity index is 3.83.